The normalized spacial score (nSPS) is 10.2. The molecule has 0 radical (unpaired) electrons. The average Bonchev–Trinajstić information content (AvgIpc) is 2.82. The van der Waals surface area contributed by atoms with Crippen LogP contribution in [0.25, 0.3) is 0 Å². The van der Waals surface area contributed by atoms with Crippen molar-refractivity contribution in [1.82, 2.24) is 25.3 Å². The number of nitrogens with zero attached hydrogens (tertiary/aromatic N) is 4. The third-order valence-corrected chi connectivity index (χ3v) is 2.46. The number of nitrogens with one attached hydrogen (secondary N) is 1. The summed E-state index contributed by atoms with van der Waals surface area (Å²) in [4.78, 5) is 17.1. The van der Waals surface area contributed by atoms with Gasteiger partial charge in [0.25, 0.3) is 5.91 Å². The molecule has 0 aromatic carbocycles. The molecule has 0 fully saturated rings. The third-order valence-electron chi connectivity index (χ3n) is 2.03. The first-order valence-electron chi connectivity index (χ1n) is 4.98. The maximum Gasteiger partial charge on any atom is 0.252 e. The molecule has 7 heteroatoms. The van der Waals surface area contributed by atoms with Gasteiger partial charge in [-0.1, -0.05) is 0 Å². The molecule has 0 aliphatic heterocycles. The van der Waals surface area contributed by atoms with Crippen LogP contribution in [0.5, 0.6) is 0 Å². The van der Waals surface area contributed by atoms with Crippen molar-refractivity contribution in [3.63, 3.8) is 0 Å². The van der Waals surface area contributed by atoms with Crippen molar-refractivity contribution in [3.05, 3.63) is 40.9 Å². The summed E-state index contributed by atoms with van der Waals surface area (Å²) in [6.45, 7) is 1.01. The van der Waals surface area contributed by atoms with E-state index in [1.54, 1.807) is 24.7 Å². The molecule has 6 nitrogen and oxygen atoms in total. The summed E-state index contributed by atoms with van der Waals surface area (Å²) in [5.74, 6) is -0.161. The van der Waals surface area contributed by atoms with E-state index in [-0.39, 0.29) is 5.91 Å². The van der Waals surface area contributed by atoms with Gasteiger partial charge in [0.05, 0.1) is 24.5 Å². The summed E-state index contributed by atoms with van der Waals surface area (Å²) in [5.41, 5.74) is 0.521. The van der Waals surface area contributed by atoms with Crippen molar-refractivity contribution in [1.29, 1.82) is 0 Å². The molecule has 2 rings (SSSR count). The number of hydrogen-bond donors (Lipinski definition) is 1. The van der Waals surface area contributed by atoms with Crippen LogP contribution >= 0.6 is 15.9 Å². The standard InChI is InChI=1S/C10H10BrN5O/c11-9-5-8(6-12-7-9)10(17)13-3-4-16-14-1-2-15-16/h1-2,5-7H,3-4H2,(H,13,17). The minimum Gasteiger partial charge on any atom is -0.350 e. The Hall–Kier alpha value is -1.76. The molecule has 0 bridgehead atoms. The number of hydrogen-bond acceptors (Lipinski definition) is 4. The zero-order chi connectivity index (χ0) is 12.1. The molecule has 17 heavy (non-hydrogen) atoms. The second kappa shape index (κ2) is 5.53. The molecule has 1 amide bonds. The smallest absolute Gasteiger partial charge is 0.252 e. The summed E-state index contributed by atoms with van der Waals surface area (Å²) in [6, 6.07) is 1.72. The maximum absolute atomic E-state index is 11.7. The summed E-state index contributed by atoms with van der Waals surface area (Å²) in [5, 5.41) is 10.6. The molecule has 0 aliphatic rings. The first-order valence-corrected chi connectivity index (χ1v) is 5.78. The molecule has 1 N–H and O–H groups in total. The maximum atomic E-state index is 11.7. The van der Waals surface area contributed by atoms with E-state index in [4.69, 9.17) is 0 Å². The lowest BCUT2D eigenvalue weighted by Crippen LogP contribution is -2.27. The summed E-state index contributed by atoms with van der Waals surface area (Å²) in [7, 11) is 0. The Morgan fingerprint density at radius 2 is 2.12 bits per heavy atom. The lowest BCUT2D eigenvalue weighted by Gasteiger charge is -2.04. The van der Waals surface area contributed by atoms with Gasteiger partial charge in [-0.15, -0.1) is 0 Å². The summed E-state index contributed by atoms with van der Waals surface area (Å²) < 4.78 is 0.777. The highest BCUT2D eigenvalue weighted by atomic mass is 79.9. The van der Waals surface area contributed by atoms with Gasteiger partial charge in [0, 0.05) is 23.4 Å². The fraction of sp³-hybridized carbons (Fsp3) is 0.200. The van der Waals surface area contributed by atoms with E-state index >= 15 is 0 Å². The lowest BCUT2D eigenvalue weighted by atomic mass is 10.3. The number of rotatable bonds is 4. The first kappa shape index (κ1) is 11.7. The van der Waals surface area contributed by atoms with Crippen molar-refractivity contribution in [2.75, 3.05) is 6.54 Å². The van der Waals surface area contributed by atoms with Crippen molar-refractivity contribution >= 4 is 21.8 Å². The van der Waals surface area contributed by atoms with E-state index in [9.17, 15) is 4.79 Å². The van der Waals surface area contributed by atoms with Crippen LogP contribution in [0.2, 0.25) is 0 Å². The van der Waals surface area contributed by atoms with Crippen LogP contribution in [-0.2, 0) is 6.54 Å². The van der Waals surface area contributed by atoms with Gasteiger partial charge in [-0.2, -0.15) is 15.0 Å². The Morgan fingerprint density at radius 1 is 1.35 bits per heavy atom. The van der Waals surface area contributed by atoms with Crippen LogP contribution in [0.15, 0.2) is 35.3 Å². The number of halogens is 1. The van der Waals surface area contributed by atoms with Crippen LogP contribution in [0, 0.1) is 0 Å². The van der Waals surface area contributed by atoms with Crippen molar-refractivity contribution in [2.45, 2.75) is 6.54 Å². The van der Waals surface area contributed by atoms with Gasteiger partial charge in [-0.3, -0.25) is 9.78 Å². The topological polar surface area (TPSA) is 72.7 Å². The second-order valence-electron chi connectivity index (χ2n) is 3.27. The second-order valence-corrected chi connectivity index (χ2v) is 4.19. The first-order chi connectivity index (χ1) is 8.25. The Labute approximate surface area is 106 Å². The number of amides is 1. The van der Waals surface area contributed by atoms with Crippen LogP contribution in [0.3, 0.4) is 0 Å². The molecule has 0 unspecified atom stereocenters. The molecule has 0 saturated carbocycles. The van der Waals surface area contributed by atoms with E-state index in [1.165, 1.54) is 11.0 Å². The highest BCUT2D eigenvalue weighted by molar-refractivity contribution is 9.10. The Morgan fingerprint density at radius 3 is 2.82 bits per heavy atom. The van der Waals surface area contributed by atoms with Crippen LogP contribution < -0.4 is 5.32 Å². The quantitative estimate of drug-likeness (QED) is 0.908. The third kappa shape index (κ3) is 3.35. The van der Waals surface area contributed by atoms with E-state index < -0.39 is 0 Å². The zero-order valence-corrected chi connectivity index (χ0v) is 10.5. The number of aromatic nitrogens is 4. The molecular weight excluding hydrogens is 286 g/mol. The Kier molecular flexibility index (Phi) is 3.81. The predicted octanol–water partition coefficient (Wildman–Crippen LogP) is 0.866. The molecule has 2 aromatic rings. The molecule has 88 valence electrons. The zero-order valence-electron chi connectivity index (χ0n) is 8.88. The van der Waals surface area contributed by atoms with E-state index in [0.717, 1.165) is 4.47 Å². The summed E-state index contributed by atoms with van der Waals surface area (Å²) in [6.07, 6.45) is 6.34. The van der Waals surface area contributed by atoms with Crippen LogP contribution in [0.1, 0.15) is 10.4 Å². The fourth-order valence-electron chi connectivity index (χ4n) is 1.27. The number of carbonyl (C=O) groups is 1. The van der Waals surface area contributed by atoms with Crippen LogP contribution in [0.4, 0.5) is 0 Å². The van der Waals surface area contributed by atoms with Crippen molar-refractivity contribution in [3.8, 4) is 0 Å². The number of pyridine rings is 1. The average molecular weight is 296 g/mol. The van der Waals surface area contributed by atoms with E-state index in [2.05, 4.69) is 36.4 Å². The lowest BCUT2D eigenvalue weighted by molar-refractivity contribution is 0.0951. The Bertz CT molecular complexity index is 499. The molecule has 0 atom stereocenters. The molecule has 0 spiro atoms. The minimum absolute atomic E-state index is 0.161. The number of carbonyl (C=O) groups excluding carboxylic acids is 1. The van der Waals surface area contributed by atoms with Crippen molar-refractivity contribution < 1.29 is 4.79 Å². The summed E-state index contributed by atoms with van der Waals surface area (Å²) >= 11 is 3.26. The highest BCUT2D eigenvalue weighted by Gasteiger charge is 2.05. The fourth-order valence-corrected chi connectivity index (χ4v) is 1.63. The van der Waals surface area contributed by atoms with Crippen molar-refractivity contribution in [2.24, 2.45) is 0 Å². The van der Waals surface area contributed by atoms with Gasteiger partial charge < -0.3 is 5.32 Å². The monoisotopic (exact) mass is 295 g/mol. The van der Waals surface area contributed by atoms with Gasteiger partial charge in [-0.05, 0) is 22.0 Å². The highest BCUT2D eigenvalue weighted by Crippen LogP contribution is 2.09. The Balaban J connectivity index is 1.85. The van der Waals surface area contributed by atoms with Gasteiger partial charge in [0.2, 0.25) is 0 Å². The molecule has 2 aromatic heterocycles. The minimum atomic E-state index is -0.161. The van der Waals surface area contributed by atoms with Gasteiger partial charge >= 0.3 is 0 Å². The van der Waals surface area contributed by atoms with Crippen LogP contribution in [-0.4, -0.2) is 32.4 Å². The molecule has 0 saturated heterocycles. The van der Waals surface area contributed by atoms with Gasteiger partial charge in [-0.25, -0.2) is 0 Å². The molecule has 2 heterocycles. The van der Waals surface area contributed by atoms with E-state index in [1.807, 2.05) is 0 Å². The SMILES string of the molecule is O=C(NCCn1nccn1)c1cncc(Br)c1. The van der Waals surface area contributed by atoms with E-state index in [0.29, 0.717) is 18.7 Å². The molecule has 0 aliphatic carbocycles. The predicted molar refractivity (Wildman–Crippen MR) is 64.3 cm³/mol. The largest absolute Gasteiger partial charge is 0.350 e. The molecular formula is C10H10BrN5O. The van der Waals surface area contributed by atoms with Gasteiger partial charge in [0.1, 0.15) is 0 Å². The van der Waals surface area contributed by atoms with Gasteiger partial charge in [0.15, 0.2) is 0 Å².